The second-order valence-corrected chi connectivity index (χ2v) is 9.47. The van der Waals surface area contributed by atoms with E-state index in [9.17, 15) is 14.4 Å². The number of rotatable bonds is 1. The van der Waals surface area contributed by atoms with Crippen molar-refractivity contribution < 1.29 is 23.9 Å². The molecule has 5 nitrogen and oxygen atoms in total. The number of Topliss-reactive ketones (excluding diaryl/α,β-unsaturated/α-hetero) is 2. The van der Waals surface area contributed by atoms with Gasteiger partial charge in [-0.3, -0.25) is 9.59 Å². The van der Waals surface area contributed by atoms with Crippen LogP contribution in [0.5, 0.6) is 0 Å². The van der Waals surface area contributed by atoms with Crippen molar-refractivity contribution in [2.24, 2.45) is 5.41 Å². The number of hydrogen-bond donors (Lipinski definition) is 0. The Bertz CT molecular complexity index is 915. The number of carbonyl (C=O) groups excluding carboxylic acids is 3. The van der Waals surface area contributed by atoms with E-state index in [-0.39, 0.29) is 11.2 Å². The summed E-state index contributed by atoms with van der Waals surface area (Å²) in [4.78, 5) is 39.6. The van der Waals surface area contributed by atoms with E-state index < -0.39 is 28.9 Å². The molecule has 0 spiro atoms. The minimum Gasteiger partial charge on any atom is -0.470 e. The van der Waals surface area contributed by atoms with Crippen LogP contribution in [0.25, 0.3) is 0 Å². The minimum atomic E-state index is -1.82. The van der Waals surface area contributed by atoms with Crippen molar-refractivity contribution in [1.29, 1.82) is 0 Å². The fourth-order valence-electron chi connectivity index (χ4n) is 4.46. The van der Waals surface area contributed by atoms with Crippen LogP contribution in [0.4, 0.5) is 0 Å². The van der Waals surface area contributed by atoms with Crippen LogP contribution in [0, 0.1) is 5.41 Å². The minimum absolute atomic E-state index is 0.0545. The van der Waals surface area contributed by atoms with Gasteiger partial charge in [0.15, 0.2) is 5.78 Å². The standard InChI is InChI=1S/C22H24O5/c1-20(2,3)27-19(25)22-17(12-8-6-7-9-13(12)18(22)24)16-14(23)10-21(4,5)11-15(16)26-22/h6-9,17H,10-11H2,1-5H3/t17-,22+/m0/s1. The Kier molecular flexibility index (Phi) is 3.53. The first-order chi connectivity index (χ1) is 12.5. The average Bonchev–Trinajstić information content (AvgIpc) is 2.98. The van der Waals surface area contributed by atoms with Gasteiger partial charge in [0.25, 0.3) is 5.60 Å². The number of ether oxygens (including phenoxy) is 2. The number of fused-ring (bicyclic) bond motifs is 4. The monoisotopic (exact) mass is 368 g/mol. The molecular weight excluding hydrogens is 344 g/mol. The molecular formula is C22H24O5. The summed E-state index contributed by atoms with van der Waals surface area (Å²) in [6.07, 6.45) is 0.886. The van der Waals surface area contributed by atoms with E-state index in [0.717, 1.165) is 0 Å². The van der Waals surface area contributed by atoms with Gasteiger partial charge in [-0.05, 0) is 31.7 Å². The maximum absolute atomic E-state index is 13.4. The fourth-order valence-corrected chi connectivity index (χ4v) is 4.46. The molecule has 0 saturated heterocycles. The summed E-state index contributed by atoms with van der Waals surface area (Å²) >= 11 is 0. The Hall–Kier alpha value is -2.43. The molecule has 27 heavy (non-hydrogen) atoms. The molecule has 0 radical (unpaired) electrons. The molecule has 0 saturated carbocycles. The molecule has 2 atom stereocenters. The van der Waals surface area contributed by atoms with Crippen LogP contribution in [0.2, 0.25) is 0 Å². The van der Waals surface area contributed by atoms with Crippen LogP contribution in [0.1, 0.15) is 69.3 Å². The maximum Gasteiger partial charge on any atom is 0.360 e. The number of carbonyl (C=O) groups is 3. The largest absolute Gasteiger partial charge is 0.470 e. The zero-order chi connectivity index (χ0) is 19.8. The Morgan fingerprint density at radius 3 is 2.48 bits per heavy atom. The Morgan fingerprint density at radius 2 is 1.81 bits per heavy atom. The van der Waals surface area contributed by atoms with Gasteiger partial charge < -0.3 is 9.47 Å². The van der Waals surface area contributed by atoms with Gasteiger partial charge in [-0.2, -0.15) is 0 Å². The molecule has 0 fully saturated rings. The second kappa shape index (κ2) is 5.31. The van der Waals surface area contributed by atoms with Gasteiger partial charge in [-0.1, -0.05) is 38.1 Å². The van der Waals surface area contributed by atoms with Crippen molar-refractivity contribution in [3.05, 3.63) is 46.7 Å². The van der Waals surface area contributed by atoms with E-state index in [1.54, 1.807) is 39.0 Å². The highest BCUT2D eigenvalue weighted by Gasteiger charge is 2.69. The molecule has 4 rings (SSSR count). The molecule has 0 aromatic heterocycles. The highest BCUT2D eigenvalue weighted by molar-refractivity contribution is 6.23. The zero-order valence-corrected chi connectivity index (χ0v) is 16.3. The van der Waals surface area contributed by atoms with E-state index in [4.69, 9.17) is 9.47 Å². The van der Waals surface area contributed by atoms with Crippen LogP contribution < -0.4 is 0 Å². The lowest BCUT2D eigenvalue weighted by Gasteiger charge is -2.31. The summed E-state index contributed by atoms with van der Waals surface area (Å²) in [6, 6.07) is 7.05. The summed E-state index contributed by atoms with van der Waals surface area (Å²) in [5.41, 5.74) is -1.30. The van der Waals surface area contributed by atoms with E-state index >= 15 is 0 Å². The van der Waals surface area contributed by atoms with Gasteiger partial charge in [0.2, 0.25) is 5.78 Å². The zero-order valence-electron chi connectivity index (χ0n) is 16.3. The molecule has 142 valence electrons. The Morgan fingerprint density at radius 1 is 1.15 bits per heavy atom. The summed E-state index contributed by atoms with van der Waals surface area (Å²) in [7, 11) is 0. The van der Waals surface area contributed by atoms with Crippen molar-refractivity contribution in [3.63, 3.8) is 0 Å². The maximum atomic E-state index is 13.4. The van der Waals surface area contributed by atoms with Gasteiger partial charge in [-0.15, -0.1) is 0 Å². The lowest BCUT2D eigenvalue weighted by atomic mass is 9.72. The van der Waals surface area contributed by atoms with Gasteiger partial charge in [0.05, 0.1) is 5.92 Å². The molecule has 0 amide bonds. The third kappa shape index (κ3) is 2.47. The predicted molar refractivity (Wildman–Crippen MR) is 98.2 cm³/mol. The van der Waals surface area contributed by atoms with Crippen molar-refractivity contribution in [1.82, 2.24) is 0 Å². The Balaban J connectivity index is 1.91. The lowest BCUT2D eigenvalue weighted by Crippen LogP contribution is -2.50. The average molecular weight is 368 g/mol. The highest BCUT2D eigenvalue weighted by Crippen LogP contribution is 2.58. The molecule has 1 aliphatic heterocycles. The third-order valence-electron chi connectivity index (χ3n) is 5.41. The summed E-state index contributed by atoms with van der Waals surface area (Å²) < 4.78 is 11.7. The smallest absolute Gasteiger partial charge is 0.360 e. The fraction of sp³-hybridized carbons (Fsp3) is 0.500. The first-order valence-electron chi connectivity index (χ1n) is 9.29. The van der Waals surface area contributed by atoms with Crippen molar-refractivity contribution in [2.45, 2.75) is 64.6 Å². The van der Waals surface area contributed by atoms with E-state index in [1.165, 1.54) is 0 Å². The van der Waals surface area contributed by atoms with Gasteiger partial charge in [0, 0.05) is 24.0 Å². The molecule has 1 aromatic rings. The van der Waals surface area contributed by atoms with E-state index in [0.29, 0.717) is 35.3 Å². The SMILES string of the molecule is CC1(C)CC(=O)C2=C(C1)O[C@@]1(C(=O)OC(C)(C)C)C(=O)c3ccccc3[C@@H]21. The molecule has 1 heterocycles. The molecule has 3 aliphatic rings. The van der Waals surface area contributed by atoms with E-state index in [1.807, 2.05) is 19.9 Å². The molecule has 0 N–H and O–H groups in total. The van der Waals surface area contributed by atoms with Crippen LogP contribution in [0.15, 0.2) is 35.6 Å². The first-order valence-corrected chi connectivity index (χ1v) is 9.29. The lowest BCUT2D eigenvalue weighted by molar-refractivity contribution is -0.172. The number of hydrogen-bond acceptors (Lipinski definition) is 5. The van der Waals surface area contributed by atoms with Crippen LogP contribution in [-0.2, 0) is 19.1 Å². The highest BCUT2D eigenvalue weighted by atomic mass is 16.6. The second-order valence-electron chi connectivity index (χ2n) is 9.47. The number of benzene rings is 1. The number of esters is 1. The van der Waals surface area contributed by atoms with Crippen molar-refractivity contribution in [3.8, 4) is 0 Å². The topological polar surface area (TPSA) is 69.7 Å². The molecule has 5 heteroatoms. The number of allylic oxidation sites excluding steroid dienone is 1. The van der Waals surface area contributed by atoms with Crippen LogP contribution >= 0.6 is 0 Å². The van der Waals surface area contributed by atoms with Gasteiger partial charge >= 0.3 is 5.97 Å². The first kappa shape index (κ1) is 18.0. The molecule has 0 bridgehead atoms. The third-order valence-corrected chi connectivity index (χ3v) is 5.41. The quantitative estimate of drug-likeness (QED) is 0.558. The van der Waals surface area contributed by atoms with Crippen molar-refractivity contribution >= 4 is 17.5 Å². The molecule has 2 aliphatic carbocycles. The summed E-state index contributed by atoms with van der Waals surface area (Å²) in [5.74, 6) is -1.45. The predicted octanol–water partition coefficient (Wildman–Crippen LogP) is 3.72. The van der Waals surface area contributed by atoms with Gasteiger partial charge in [-0.25, -0.2) is 4.79 Å². The summed E-state index contributed by atoms with van der Waals surface area (Å²) in [5, 5.41) is 0. The van der Waals surface area contributed by atoms with Crippen LogP contribution in [0.3, 0.4) is 0 Å². The molecule has 0 unspecified atom stereocenters. The number of ketones is 2. The Labute approximate surface area is 158 Å². The van der Waals surface area contributed by atoms with Gasteiger partial charge in [0.1, 0.15) is 11.4 Å². The van der Waals surface area contributed by atoms with E-state index in [2.05, 4.69) is 0 Å². The normalized spacial score (nSPS) is 28.4. The molecule has 1 aromatic carbocycles. The van der Waals surface area contributed by atoms with Crippen molar-refractivity contribution in [2.75, 3.05) is 0 Å². The van der Waals surface area contributed by atoms with Crippen LogP contribution in [-0.4, -0.2) is 28.7 Å². The summed E-state index contributed by atoms with van der Waals surface area (Å²) in [6.45, 7) is 9.23.